The van der Waals surface area contributed by atoms with Gasteiger partial charge in [0.25, 0.3) is 0 Å². The summed E-state index contributed by atoms with van der Waals surface area (Å²) in [6.07, 6.45) is 2.92. The number of imidazole rings is 1. The molecule has 0 bridgehead atoms. The fraction of sp³-hybridized carbons (Fsp3) is 0.138. The smallest absolute Gasteiger partial charge is 0.242 e. The molecule has 0 N–H and O–H groups in total. The monoisotopic (exact) mass is 574 g/mol. The number of ether oxygens (including phenoxy) is 1. The Labute approximate surface area is 225 Å². The molecule has 9 heteroatoms. The van der Waals surface area contributed by atoms with Crippen LogP contribution in [-0.2, 0) is 13.2 Å². The number of halogens is 3. The third-order valence-electron chi connectivity index (χ3n) is 6.74. The minimum Gasteiger partial charge on any atom is -0.483 e. The first kappa shape index (κ1) is 24.2. The number of hydrogen-bond donors (Lipinski definition) is 0. The van der Waals surface area contributed by atoms with Crippen molar-refractivity contribution in [1.29, 1.82) is 0 Å². The average molecular weight is 575 g/mol. The van der Waals surface area contributed by atoms with Crippen LogP contribution in [0, 0.1) is 11.6 Å². The Morgan fingerprint density at radius 2 is 1.55 bits per heavy atom. The van der Waals surface area contributed by atoms with Crippen molar-refractivity contribution in [2.24, 2.45) is 0 Å². The van der Waals surface area contributed by atoms with Gasteiger partial charge in [-0.15, -0.1) is 0 Å². The molecule has 3 heterocycles. The van der Waals surface area contributed by atoms with E-state index in [0.717, 1.165) is 21.3 Å². The zero-order chi connectivity index (χ0) is 26.2. The number of nitrogens with zero attached hydrogens (tertiary/aromatic N) is 4. The van der Waals surface area contributed by atoms with E-state index in [1.165, 1.54) is 30.5 Å². The average Bonchev–Trinajstić information content (AvgIpc) is 3.31. The predicted molar refractivity (Wildman–Crippen MR) is 142 cm³/mol. The van der Waals surface area contributed by atoms with Gasteiger partial charge in [-0.05, 0) is 56.9 Å². The number of rotatable bonds is 6. The van der Waals surface area contributed by atoms with Crippen LogP contribution in [0.25, 0.3) is 11.5 Å². The van der Waals surface area contributed by atoms with Crippen LogP contribution in [0.1, 0.15) is 28.7 Å². The Balaban J connectivity index is 1.53. The first-order valence-corrected chi connectivity index (χ1v) is 12.8. The van der Waals surface area contributed by atoms with Gasteiger partial charge in [-0.3, -0.25) is 9.48 Å². The summed E-state index contributed by atoms with van der Waals surface area (Å²) in [7, 11) is 0. The van der Waals surface area contributed by atoms with E-state index in [-0.39, 0.29) is 41.4 Å². The van der Waals surface area contributed by atoms with Crippen LogP contribution in [0.3, 0.4) is 0 Å². The molecule has 0 amide bonds. The molecule has 0 radical (unpaired) electrons. The van der Waals surface area contributed by atoms with E-state index in [0.29, 0.717) is 18.1 Å². The molecule has 6 rings (SSSR count). The molecule has 0 saturated carbocycles. The maximum Gasteiger partial charge on any atom is 0.242 e. The van der Waals surface area contributed by atoms with Crippen LogP contribution in [0.4, 0.5) is 8.78 Å². The van der Waals surface area contributed by atoms with Crippen molar-refractivity contribution in [1.82, 2.24) is 19.3 Å². The largest absolute Gasteiger partial charge is 0.483 e. The lowest BCUT2D eigenvalue weighted by Crippen LogP contribution is -2.33. The highest BCUT2D eigenvalue weighted by Crippen LogP contribution is 2.44. The second-order valence-corrected chi connectivity index (χ2v) is 9.88. The van der Waals surface area contributed by atoms with Crippen LogP contribution in [0.2, 0.25) is 0 Å². The molecular formula is C29H21BrF2N4O2. The molecule has 1 aliphatic heterocycles. The Morgan fingerprint density at radius 3 is 2.18 bits per heavy atom. The van der Waals surface area contributed by atoms with E-state index >= 15 is 0 Å². The zero-order valence-corrected chi connectivity index (χ0v) is 21.6. The highest BCUT2D eigenvalue weighted by molar-refractivity contribution is 9.10. The van der Waals surface area contributed by atoms with Crippen LogP contribution in [0.5, 0.6) is 5.75 Å². The lowest BCUT2D eigenvalue weighted by molar-refractivity contribution is 0.284. The maximum atomic E-state index is 13.9. The number of benzene rings is 3. The van der Waals surface area contributed by atoms with Gasteiger partial charge in [0.15, 0.2) is 11.6 Å². The molecule has 3 aromatic carbocycles. The van der Waals surface area contributed by atoms with Crippen molar-refractivity contribution < 1.29 is 13.5 Å². The number of aromatic nitrogens is 4. The maximum absolute atomic E-state index is 13.9. The van der Waals surface area contributed by atoms with Crippen LogP contribution >= 0.6 is 15.9 Å². The topological polar surface area (TPSA) is 61.9 Å². The molecule has 1 atom stereocenters. The minimum atomic E-state index is -0.376. The first-order chi connectivity index (χ1) is 18.5. The Bertz CT molecular complexity index is 1610. The summed E-state index contributed by atoms with van der Waals surface area (Å²) in [6.45, 7) is 0.634. The van der Waals surface area contributed by atoms with Crippen molar-refractivity contribution in [2.75, 3.05) is 0 Å². The van der Waals surface area contributed by atoms with Crippen molar-refractivity contribution in [3.05, 3.63) is 134 Å². The van der Waals surface area contributed by atoms with E-state index in [2.05, 4.69) is 26.0 Å². The fourth-order valence-corrected chi connectivity index (χ4v) is 5.40. The van der Waals surface area contributed by atoms with Crippen molar-refractivity contribution in [2.45, 2.75) is 25.1 Å². The highest BCUT2D eigenvalue weighted by atomic mass is 79.9. The Hall–Kier alpha value is -4.11. The number of fused-ring (bicyclic) bond motifs is 3. The zero-order valence-electron chi connectivity index (χ0n) is 20.0. The predicted octanol–water partition coefficient (Wildman–Crippen LogP) is 6.11. The molecule has 0 aliphatic carbocycles. The van der Waals surface area contributed by atoms with Crippen molar-refractivity contribution in [3.63, 3.8) is 0 Å². The van der Waals surface area contributed by atoms with Crippen LogP contribution < -0.4 is 10.2 Å². The molecule has 0 spiro atoms. The van der Waals surface area contributed by atoms with Gasteiger partial charge < -0.3 is 9.30 Å². The molecule has 0 saturated heterocycles. The van der Waals surface area contributed by atoms with E-state index in [1.807, 2.05) is 34.9 Å². The second kappa shape index (κ2) is 9.98. The molecule has 0 unspecified atom stereocenters. The summed E-state index contributed by atoms with van der Waals surface area (Å²) in [5.41, 5.74) is 2.64. The van der Waals surface area contributed by atoms with E-state index in [4.69, 9.17) is 4.74 Å². The minimum absolute atomic E-state index is 0.143. The highest BCUT2D eigenvalue weighted by Gasteiger charge is 2.37. The third-order valence-corrected chi connectivity index (χ3v) is 7.37. The number of hydrogen-bond acceptors (Lipinski definition) is 4. The van der Waals surface area contributed by atoms with Gasteiger partial charge in [0.1, 0.15) is 28.5 Å². The summed E-state index contributed by atoms with van der Waals surface area (Å²) < 4.78 is 38.3. The Morgan fingerprint density at radius 1 is 0.921 bits per heavy atom. The van der Waals surface area contributed by atoms with Gasteiger partial charge in [0.2, 0.25) is 5.43 Å². The second-order valence-electron chi connectivity index (χ2n) is 9.07. The van der Waals surface area contributed by atoms with Crippen LogP contribution in [0.15, 0.2) is 101 Å². The Kier molecular flexibility index (Phi) is 6.37. The molecule has 6 nitrogen and oxygen atoms in total. The van der Waals surface area contributed by atoms with E-state index in [1.54, 1.807) is 35.1 Å². The fourth-order valence-electron chi connectivity index (χ4n) is 4.98. The van der Waals surface area contributed by atoms with Crippen molar-refractivity contribution in [3.8, 4) is 17.3 Å². The summed E-state index contributed by atoms with van der Waals surface area (Å²) >= 11 is 3.58. The first-order valence-electron chi connectivity index (χ1n) is 12.0. The van der Waals surface area contributed by atoms with Gasteiger partial charge in [-0.25, -0.2) is 13.8 Å². The van der Waals surface area contributed by atoms with Crippen LogP contribution in [-0.4, -0.2) is 19.3 Å². The SMILES string of the molecule is O=c1cnn2c(c1OCc1ccccc1)-c1ncc(Br)n1C[C@@H]2C(c1ccc(F)cc1)c1ccc(F)cc1. The normalized spacial score (nSPS) is 14.3. The summed E-state index contributed by atoms with van der Waals surface area (Å²) in [5.74, 6) is -0.375. The molecule has 5 aromatic rings. The molecule has 1 aliphatic rings. The molecule has 0 fully saturated rings. The molecular weight excluding hydrogens is 554 g/mol. The molecule has 2 aromatic heterocycles. The quantitative estimate of drug-likeness (QED) is 0.245. The molecule has 38 heavy (non-hydrogen) atoms. The van der Waals surface area contributed by atoms with E-state index in [9.17, 15) is 13.6 Å². The lowest BCUT2D eigenvalue weighted by atomic mass is 9.84. The van der Waals surface area contributed by atoms with Gasteiger partial charge >= 0.3 is 0 Å². The van der Waals surface area contributed by atoms with Crippen molar-refractivity contribution >= 4 is 15.9 Å². The van der Waals surface area contributed by atoms with Gasteiger partial charge in [0.05, 0.1) is 18.4 Å². The molecule has 190 valence electrons. The van der Waals surface area contributed by atoms with E-state index < -0.39 is 0 Å². The van der Waals surface area contributed by atoms with Gasteiger partial charge in [0, 0.05) is 12.5 Å². The standard InChI is InChI=1S/C29H21BrF2N4O2/c30-25-15-33-29-27-28(38-17-18-4-2-1-3-5-18)24(37)14-34-36(27)23(16-35(25)29)26(19-6-10-21(31)11-7-19)20-8-12-22(32)13-9-20/h1-15,23,26H,16-17H2/t23-/m1/s1. The third kappa shape index (κ3) is 4.43. The summed E-state index contributed by atoms with van der Waals surface area (Å²) in [4.78, 5) is 17.6. The van der Waals surface area contributed by atoms with Gasteiger partial charge in [-0.2, -0.15) is 5.10 Å². The summed E-state index contributed by atoms with van der Waals surface area (Å²) in [6, 6.07) is 21.7. The summed E-state index contributed by atoms with van der Waals surface area (Å²) in [5, 5.41) is 4.54. The lowest BCUT2D eigenvalue weighted by Gasteiger charge is -2.35. The van der Waals surface area contributed by atoms with Gasteiger partial charge in [-0.1, -0.05) is 54.6 Å².